The number of ether oxygens (including phenoxy) is 1. The van der Waals surface area contributed by atoms with Crippen molar-refractivity contribution in [2.45, 2.75) is 38.0 Å². The molecule has 21 heavy (non-hydrogen) atoms. The van der Waals surface area contributed by atoms with Crippen LogP contribution in [0, 0.1) is 0 Å². The molecule has 0 radical (unpaired) electrons. The maximum atomic E-state index is 5.17. The SMILES string of the molecule is CCSCCC1(CNCCOC)CCCc2ccccc21. The van der Waals surface area contributed by atoms with Gasteiger partial charge in [-0.25, -0.2) is 0 Å². The lowest BCUT2D eigenvalue weighted by Crippen LogP contribution is -2.42. The molecule has 2 rings (SSSR count). The summed E-state index contributed by atoms with van der Waals surface area (Å²) in [4.78, 5) is 0. The Morgan fingerprint density at radius 3 is 3.00 bits per heavy atom. The first-order valence-corrected chi connectivity index (χ1v) is 9.33. The molecule has 1 unspecified atom stereocenters. The van der Waals surface area contributed by atoms with Crippen LogP contribution in [-0.4, -0.2) is 38.3 Å². The monoisotopic (exact) mass is 307 g/mol. The molecule has 0 spiro atoms. The lowest BCUT2D eigenvalue weighted by atomic mass is 9.68. The molecule has 1 aromatic rings. The molecule has 0 fully saturated rings. The molecule has 0 heterocycles. The summed E-state index contributed by atoms with van der Waals surface area (Å²) in [5.74, 6) is 2.48. The van der Waals surface area contributed by atoms with Crippen LogP contribution in [0.15, 0.2) is 24.3 Å². The zero-order valence-electron chi connectivity index (χ0n) is 13.5. The molecule has 1 aliphatic carbocycles. The van der Waals surface area contributed by atoms with E-state index < -0.39 is 0 Å². The highest BCUT2D eigenvalue weighted by atomic mass is 32.2. The molecular formula is C18H29NOS. The van der Waals surface area contributed by atoms with Crippen molar-refractivity contribution < 1.29 is 4.74 Å². The van der Waals surface area contributed by atoms with Crippen LogP contribution in [0.2, 0.25) is 0 Å². The largest absolute Gasteiger partial charge is 0.383 e. The van der Waals surface area contributed by atoms with Crippen molar-refractivity contribution in [3.63, 3.8) is 0 Å². The van der Waals surface area contributed by atoms with E-state index in [9.17, 15) is 0 Å². The number of hydrogen-bond donors (Lipinski definition) is 1. The number of rotatable bonds is 9. The average Bonchev–Trinajstić information content (AvgIpc) is 2.52. The molecule has 1 aliphatic rings. The summed E-state index contributed by atoms with van der Waals surface area (Å²) in [6, 6.07) is 9.09. The molecule has 118 valence electrons. The summed E-state index contributed by atoms with van der Waals surface area (Å²) in [7, 11) is 1.77. The molecule has 2 nitrogen and oxygen atoms in total. The standard InChI is InChI=1S/C18H29NOS/c1-3-21-14-11-18(15-19-12-13-20-2)10-6-8-16-7-4-5-9-17(16)18/h4-5,7,9,19H,3,6,8,10-15H2,1-2H3. The van der Waals surface area contributed by atoms with Crippen LogP contribution >= 0.6 is 11.8 Å². The molecule has 0 amide bonds. The van der Waals surface area contributed by atoms with Gasteiger partial charge in [0.15, 0.2) is 0 Å². The lowest BCUT2D eigenvalue weighted by molar-refractivity contribution is 0.194. The van der Waals surface area contributed by atoms with Gasteiger partial charge in [-0.2, -0.15) is 11.8 Å². The minimum atomic E-state index is 0.324. The van der Waals surface area contributed by atoms with Crippen molar-refractivity contribution in [1.82, 2.24) is 5.32 Å². The number of hydrogen-bond acceptors (Lipinski definition) is 3. The number of benzene rings is 1. The zero-order chi connectivity index (χ0) is 15.0. The Bertz CT molecular complexity index is 423. The van der Waals surface area contributed by atoms with Crippen LogP contribution < -0.4 is 5.32 Å². The topological polar surface area (TPSA) is 21.3 Å². The minimum Gasteiger partial charge on any atom is -0.383 e. The van der Waals surface area contributed by atoms with E-state index >= 15 is 0 Å². The van der Waals surface area contributed by atoms with E-state index in [1.807, 2.05) is 0 Å². The number of nitrogens with one attached hydrogen (secondary N) is 1. The highest BCUT2D eigenvalue weighted by Crippen LogP contribution is 2.40. The van der Waals surface area contributed by atoms with Gasteiger partial charge in [0.1, 0.15) is 0 Å². The molecule has 0 aliphatic heterocycles. The summed E-state index contributed by atoms with van der Waals surface area (Å²) >= 11 is 2.07. The van der Waals surface area contributed by atoms with Crippen molar-refractivity contribution in [3.05, 3.63) is 35.4 Å². The van der Waals surface area contributed by atoms with Gasteiger partial charge < -0.3 is 10.1 Å². The molecule has 1 N–H and O–H groups in total. The predicted molar refractivity (Wildman–Crippen MR) is 93.4 cm³/mol. The fourth-order valence-electron chi connectivity index (χ4n) is 3.45. The van der Waals surface area contributed by atoms with Gasteiger partial charge in [0.05, 0.1) is 6.61 Å². The quantitative estimate of drug-likeness (QED) is 0.704. The average molecular weight is 308 g/mol. The van der Waals surface area contributed by atoms with Crippen molar-refractivity contribution >= 4 is 11.8 Å². The first kappa shape index (κ1) is 16.9. The molecule has 0 saturated carbocycles. The third-order valence-corrected chi connectivity index (χ3v) is 5.47. The Balaban J connectivity index is 2.12. The molecule has 1 aromatic carbocycles. The van der Waals surface area contributed by atoms with Crippen molar-refractivity contribution in [2.75, 3.05) is 38.3 Å². The second kappa shape index (κ2) is 8.82. The second-order valence-corrected chi connectivity index (χ2v) is 7.30. The van der Waals surface area contributed by atoms with Crippen LogP contribution in [0.4, 0.5) is 0 Å². The third-order valence-electron chi connectivity index (χ3n) is 4.57. The fourth-order valence-corrected chi connectivity index (χ4v) is 4.28. The van der Waals surface area contributed by atoms with Gasteiger partial charge in [0.25, 0.3) is 0 Å². The highest BCUT2D eigenvalue weighted by Gasteiger charge is 2.35. The van der Waals surface area contributed by atoms with Crippen LogP contribution in [0.1, 0.15) is 37.3 Å². The molecule has 3 heteroatoms. The lowest BCUT2D eigenvalue weighted by Gasteiger charge is -2.40. The van der Waals surface area contributed by atoms with Crippen molar-refractivity contribution in [2.24, 2.45) is 0 Å². The van der Waals surface area contributed by atoms with Crippen molar-refractivity contribution in [1.29, 1.82) is 0 Å². The minimum absolute atomic E-state index is 0.324. The van der Waals surface area contributed by atoms with Crippen LogP contribution in [0.3, 0.4) is 0 Å². The third kappa shape index (κ3) is 4.48. The van der Waals surface area contributed by atoms with Crippen LogP contribution in [0.5, 0.6) is 0 Å². The molecular weight excluding hydrogens is 278 g/mol. The van der Waals surface area contributed by atoms with Crippen LogP contribution in [0.25, 0.3) is 0 Å². The molecule has 0 aromatic heterocycles. The number of thioether (sulfide) groups is 1. The van der Waals surface area contributed by atoms with E-state index in [1.165, 1.54) is 37.2 Å². The maximum absolute atomic E-state index is 5.17. The van der Waals surface area contributed by atoms with Crippen LogP contribution in [-0.2, 0) is 16.6 Å². The Hall–Kier alpha value is -0.510. The summed E-state index contributed by atoms with van der Waals surface area (Å²) < 4.78 is 5.17. The Morgan fingerprint density at radius 2 is 2.19 bits per heavy atom. The van der Waals surface area contributed by atoms with E-state index in [-0.39, 0.29) is 0 Å². The van der Waals surface area contributed by atoms with Gasteiger partial charge in [-0.3, -0.25) is 0 Å². The normalized spacial score (nSPS) is 21.2. The van der Waals surface area contributed by atoms with E-state index in [4.69, 9.17) is 4.74 Å². The van der Waals surface area contributed by atoms with Gasteiger partial charge in [-0.05, 0) is 48.3 Å². The first-order valence-electron chi connectivity index (χ1n) is 8.18. The second-order valence-electron chi connectivity index (χ2n) is 5.91. The summed E-state index contributed by atoms with van der Waals surface area (Å²) in [6.45, 7) is 5.07. The predicted octanol–water partition coefficient (Wildman–Crippen LogP) is 3.64. The van der Waals surface area contributed by atoms with E-state index in [0.717, 1.165) is 19.7 Å². The van der Waals surface area contributed by atoms with Gasteiger partial charge in [-0.15, -0.1) is 0 Å². The Labute approximate surface area is 134 Å². The van der Waals surface area contributed by atoms with Gasteiger partial charge in [0.2, 0.25) is 0 Å². The van der Waals surface area contributed by atoms with E-state index in [0.29, 0.717) is 5.41 Å². The Kier molecular flexibility index (Phi) is 7.08. The number of aryl methyl sites for hydroxylation is 1. The van der Waals surface area contributed by atoms with E-state index in [1.54, 1.807) is 18.2 Å². The van der Waals surface area contributed by atoms with Gasteiger partial charge in [0, 0.05) is 25.6 Å². The number of fused-ring (bicyclic) bond motifs is 1. The van der Waals surface area contributed by atoms with Gasteiger partial charge in [-0.1, -0.05) is 31.2 Å². The summed E-state index contributed by atoms with van der Waals surface area (Å²) in [6.07, 6.45) is 5.16. The maximum Gasteiger partial charge on any atom is 0.0587 e. The number of methoxy groups -OCH3 is 1. The summed E-state index contributed by atoms with van der Waals surface area (Å²) in [5, 5.41) is 3.63. The Morgan fingerprint density at radius 1 is 1.33 bits per heavy atom. The smallest absolute Gasteiger partial charge is 0.0587 e. The van der Waals surface area contributed by atoms with Crippen molar-refractivity contribution in [3.8, 4) is 0 Å². The summed E-state index contributed by atoms with van der Waals surface area (Å²) in [5.41, 5.74) is 3.49. The molecule has 0 bridgehead atoms. The molecule has 1 atom stereocenters. The van der Waals surface area contributed by atoms with Gasteiger partial charge >= 0.3 is 0 Å². The molecule has 0 saturated heterocycles. The zero-order valence-corrected chi connectivity index (χ0v) is 14.3. The highest BCUT2D eigenvalue weighted by molar-refractivity contribution is 7.99. The first-order chi connectivity index (χ1) is 10.3. The van der Waals surface area contributed by atoms with E-state index in [2.05, 4.69) is 48.3 Å². The fraction of sp³-hybridized carbons (Fsp3) is 0.667.